The molecule has 0 bridgehead atoms. The molecule has 0 aromatic heterocycles. The molecule has 2 aromatic rings. The first kappa shape index (κ1) is 21.4. The zero-order chi connectivity index (χ0) is 21.2. The molecular formula is C19H20N4O6. The highest BCUT2D eigenvalue weighted by Crippen LogP contribution is 2.26. The Morgan fingerprint density at radius 2 is 1.97 bits per heavy atom. The Bertz CT molecular complexity index is 901. The fourth-order valence-corrected chi connectivity index (χ4v) is 2.25. The summed E-state index contributed by atoms with van der Waals surface area (Å²) < 4.78 is 10.0. The summed E-state index contributed by atoms with van der Waals surface area (Å²) in [5, 5.41) is 14.7. The van der Waals surface area contributed by atoms with Crippen molar-refractivity contribution in [2.75, 3.05) is 20.7 Å². The van der Waals surface area contributed by atoms with Crippen molar-refractivity contribution in [3.8, 4) is 5.75 Å². The van der Waals surface area contributed by atoms with E-state index in [0.717, 1.165) is 10.5 Å². The number of rotatable bonds is 8. The number of carbonyl (C=O) groups excluding carboxylic acids is 2. The van der Waals surface area contributed by atoms with Gasteiger partial charge in [0, 0.05) is 18.7 Å². The lowest BCUT2D eigenvalue weighted by Crippen LogP contribution is -2.36. The minimum absolute atomic E-state index is 0.0973. The van der Waals surface area contributed by atoms with Crippen LogP contribution >= 0.6 is 0 Å². The lowest BCUT2D eigenvalue weighted by Gasteiger charge is -2.15. The third kappa shape index (κ3) is 6.61. The van der Waals surface area contributed by atoms with Gasteiger partial charge in [-0.05, 0) is 17.7 Å². The molecule has 1 N–H and O–H groups in total. The van der Waals surface area contributed by atoms with Gasteiger partial charge in [-0.25, -0.2) is 10.2 Å². The molecule has 2 rings (SSSR count). The Hall–Kier alpha value is -3.95. The number of hydrogen-bond donors (Lipinski definition) is 1. The van der Waals surface area contributed by atoms with Crippen molar-refractivity contribution in [2.45, 2.75) is 6.61 Å². The summed E-state index contributed by atoms with van der Waals surface area (Å²) in [6.07, 6.45) is 0.594. The molecule has 0 radical (unpaired) electrons. The van der Waals surface area contributed by atoms with Gasteiger partial charge in [0.05, 0.1) is 18.2 Å². The predicted octanol–water partition coefficient (Wildman–Crippen LogP) is 2.32. The number of nitrogens with one attached hydrogen (secondary N) is 1. The van der Waals surface area contributed by atoms with Crippen molar-refractivity contribution in [1.82, 2.24) is 10.3 Å². The van der Waals surface area contributed by atoms with Crippen molar-refractivity contribution >= 4 is 23.9 Å². The van der Waals surface area contributed by atoms with E-state index in [1.54, 1.807) is 6.07 Å². The molecule has 10 nitrogen and oxygen atoms in total. The maximum Gasteiger partial charge on any atom is 0.410 e. The molecule has 2 aromatic carbocycles. The molecule has 0 heterocycles. The summed E-state index contributed by atoms with van der Waals surface area (Å²) in [5.74, 6) is -0.435. The van der Waals surface area contributed by atoms with E-state index in [0.29, 0.717) is 5.56 Å². The fourth-order valence-electron chi connectivity index (χ4n) is 2.25. The van der Waals surface area contributed by atoms with Gasteiger partial charge in [-0.3, -0.25) is 14.9 Å². The molecule has 0 aliphatic carbocycles. The first-order valence-electron chi connectivity index (χ1n) is 8.47. The average Bonchev–Trinajstić information content (AvgIpc) is 2.72. The van der Waals surface area contributed by atoms with Crippen molar-refractivity contribution < 1.29 is 24.0 Å². The molecule has 0 unspecified atom stereocenters. The number of ether oxygens (including phenoxy) is 2. The van der Waals surface area contributed by atoms with Crippen LogP contribution in [0.1, 0.15) is 11.1 Å². The molecule has 0 aliphatic heterocycles. The Balaban J connectivity index is 1.83. The number of hydrazone groups is 1. The minimum atomic E-state index is -0.654. The highest BCUT2D eigenvalue weighted by molar-refractivity contribution is 5.85. The van der Waals surface area contributed by atoms with Gasteiger partial charge in [-0.2, -0.15) is 5.10 Å². The molecule has 10 heteroatoms. The van der Waals surface area contributed by atoms with Crippen LogP contribution in [-0.2, 0) is 16.1 Å². The summed E-state index contributed by atoms with van der Waals surface area (Å²) in [7, 11) is 2.75. The van der Waals surface area contributed by atoms with Crippen molar-refractivity contribution in [3.63, 3.8) is 0 Å². The predicted molar refractivity (Wildman–Crippen MR) is 105 cm³/mol. The number of carbonyl (C=O) groups is 2. The molecule has 29 heavy (non-hydrogen) atoms. The average molecular weight is 400 g/mol. The van der Waals surface area contributed by atoms with Crippen LogP contribution in [0.2, 0.25) is 0 Å². The van der Waals surface area contributed by atoms with Gasteiger partial charge >= 0.3 is 11.8 Å². The monoisotopic (exact) mass is 400 g/mol. The Kier molecular flexibility index (Phi) is 7.66. The zero-order valence-corrected chi connectivity index (χ0v) is 15.9. The molecule has 0 aliphatic rings. The van der Waals surface area contributed by atoms with Crippen LogP contribution in [0.15, 0.2) is 53.6 Å². The van der Waals surface area contributed by atoms with Crippen LogP contribution in [0.4, 0.5) is 10.5 Å². The van der Waals surface area contributed by atoms with Gasteiger partial charge in [-0.15, -0.1) is 0 Å². The Morgan fingerprint density at radius 1 is 1.24 bits per heavy atom. The van der Waals surface area contributed by atoms with E-state index in [2.05, 4.69) is 10.5 Å². The number of nitro groups is 1. The molecule has 0 atom stereocenters. The number of nitro benzene ring substituents is 1. The van der Waals surface area contributed by atoms with E-state index >= 15 is 0 Å². The fraction of sp³-hybridized carbons (Fsp3) is 0.211. The summed E-state index contributed by atoms with van der Waals surface area (Å²) >= 11 is 0. The minimum Gasteiger partial charge on any atom is -0.490 e. The van der Waals surface area contributed by atoms with Gasteiger partial charge in [0.15, 0.2) is 5.75 Å². The van der Waals surface area contributed by atoms with Gasteiger partial charge in [0.1, 0.15) is 13.2 Å². The molecule has 2 amide bonds. The van der Waals surface area contributed by atoms with Gasteiger partial charge in [0.2, 0.25) is 0 Å². The first-order chi connectivity index (χ1) is 13.9. The van der Waals surface area contributed by atoms with E-state index in [4.69, 9.17) is 9.47 Å². The van der Waals surface area contributed by atoms with Crippen LogP contribution in [0.3, 0.4) is 0 Å². The van der Waals surface area contributed by atoms with E-state index in [1.165, 1.54) is 32.5 Å². The third-order valence-corrected chi connectivity index (χ3v) is 3.70. The van der Waals surface area contributed by atoms with Gasteiger partial charge < -0.3 is 14.4 Å². The lowest BCUT2D eigenvalue weighted by atomic mass is 10.2. The number of benzene rings is 2. The highest BCUT2D eigenvalue weighted by Gasteiger charge is 2.15. The topological polar surface area (TPSA) is 123 Å². The van der Waals surface area contributed by atoms with E-state index in [-0.39, 0.29) is 24.6 Å². The summed E-state index contributed by atoms with van der Waals surface area (Å²) in [6, 6.07) is 13.4. The largest absolute Gasteiger partial charge is 0.490 e. The number of likely N-dealkylation sites (N-methyl/N-ethyl adjacent to an activating group) is 1. The molecule has 0 spiro atoms. The standard InChI is InChI=1S/C19H20N4O6/c1-22(19(25)29-13-14-6-4-3-5-7-14)12-18(24)21-20-11-15-8-9-17(28-2)16(10-15)23(26)27/h3-11H,12-13H2,1-2H3,(H,21,24)/b20-11+. The van der Waals surface area contributed by atoms with Crippen LogP contribution in [-0.4, -0.2) is 48.7 Å². The van der Waals surface area contributed by atoms with Crippen molar-refractivity contribution in [2.24, 2.45) is 5.10 Å². The zero-order valence-electron chi connectivity index (χ0n) is 15.9. The second kappa shape index (κ2) is 10.4. The summed E-state index contributed by atoms with van der Waals surface area (Å²) in [4.78, 5) is 35.3. The molecule has 152 valence electrons. The number of nitrogens with zero attached hydrogens (tertiary/aromatic N) is 3. The van der Waals surface area contributed by atoms with Crippen LogP contribution < -0.4 is 10.2 Å². The highest BCUT2D eigenvalue weighted by atomic mass is 16.6. The van der Waals surface area contributed by atoms with E-state index in [9.17, 15) is 19.7 Å². The second-order valence-electron chi connectivity index (χ2n) is 5.88. The normalized spacial score (nSPS) is 10.4. The van der Waals surface area contributed by atoms with Crippen molar-refractivity contribution in [3.05, 3.63) is 69.8 Å². The SMILES string of the molecule is COc1ccc(/C=N/NC(=O)CN(C)C(=O)OCc2ccccc2)cc1[N+](=O)[O-]. The smallest absolute Gasteiger partial charge is 0.410 e. The van der Waals surface area contributed by atoms with Crippen LogP contribution in [0, 0.1) is 10.1 Å². The lowest BCUT2D eigenvalue weighted by molar-refractivity contribution is -0.385. The van der Waals surface area contributed by atoms with Crippen LogP contribution in [0.5, 0.6) is 5.75 Å². The van der Waals surface area contributed by atoms with Gasteiger partial charge in [-0.1, -0.05) is 30.3 Å². The third-order valence-electron chi connectivity index (χ3n) is 3.70. The quantitative estimate of drug-likeness (QED) is 0.412. The van der Waals surface area contributed by atoms with E-state index < -0.39 is 16.9 Å². The Morgan fingerprint density at radius 3 is 2.62 bits per heavy atom. The Labute approximate surface area is 166 Å². The first-order valence-corrected chi connectivity index (χ1v) is 8.47. The van der Waals surface area contributed by atoms with Crippen molar-refractivity contribution in [1.29, 1.82) is 0 Å². The molecule has 0 saturated carbocycles. The number of amides is 2. The van der Waals surface area contributed by atoms with Crippen LogP contribution in [0.25, 0.3) is 0 Å². The van der Waals surface area contributed by atoms with Gasteiger partial charge in [0.25, 0.3) is 5.91 Å². The summed E-state index contributed by atoms with van der Waals surface area (Å²) in [5.41, 5.74) is 3.26. The molecular weight excluding hydrogens is 380 g/mol. The molecule has 0 fully saturated rings. The maximum atomic E-state index is 11.9. The summed E-state index contributed by atoms with van der Waals surface area (Å²) in [6.45, 7) is -0.173. The second-order valence-corrected chi connectivity index (χ2v) is 5.88. The maximum absolute atomic E-state index is 11.9. The number of methoxy groups -OCH3 is 1. The molecule has 0 saturated heterocycles. The van der Waals surface area contributed by atoms with E-state index in [1.807, 2.05) is 30.3 Å². The number of hydrogen-bond acceptors (Lipinski definition) is 7.